The van der Waals surface area contributed by atoms with E-state index in [1.54, 1.807) is 0 Å². The highest BCUT2D eigenvalue weighted by molar-refractivity contribution is 5.30. The molecule has 0 N–H and O–H groups in total. The molecule has 0 fully saturated rings. The van der Waals surface area contributed by atoms with E-state index in [-0.39, 0.29) is 6.79 Å². The van der Waals surface area contributed by atoms with Gasteiger partial charge in [0.15, 0.2) is 0 Å². The lowest BCUT2D eigenvalue weighted by Crippen LogP contribution is -2.05. The van der Waals surface area contributed by atoms with Gasteiger partial charge in [-0.1, -0.05) is 52.0 Å². The third-order valence-corrected chi connectivity index (χ3v) is 3.54. The zero-order chi connectivity index (χ0) is 15.2. The molecule has 0 unspecified atom stereocenters. The minimum absolute atomic E-state index is 0.224. The van der Waals surface area contributed by atoms with E-state index in [2.05, 4.69) is 52.0 Å². The van der Waals surface area contributed by atoms with Crippen LogP contribution in [0.4, 0.5) is 0 Å². The molecule has 2 aromatic rings. The molecule has 0 heterocycles. The Kier molecular flexibility index (Phi) is 5.26. The second kappa shape index (κ2) is 7.16. The van der Waals surface area contributed by atoms with Crippen LogP contribution < -0.4 is 9.47 Å². The topological polar surface area (TPSA) is 18.5 Å². The van der Waals surface area contributed by atoms with E-state index < -0.39 is 0 Å². The van der Waals surface area contributed by atoms with Gasteiger partial charge >= 0.3 is 0 Å². The lowest BCUT2D eigenvalue weighted by molar-refractivity contribution is 0.120. The minimum Gasteiger partial charge on any atom is -0.458 e. The molecule has 2 heteroatoms. The maximum atomic E-state index is 5.60. The molecule has 2 rings (SSSR count). The second-order valence-electron chi connectivity index (χ2n) is 5.85. The molecule has 0 aliphatic heterocycles. The molecule has 0 radical (unpaired) electrons. The van der Waals surface area contributed by atoms with Gasteiger partial charge in [0.1, 0.15) is 11.5 Å². The standard InChI is InChI=1S/C19H24O2/c1-14(2)16-5-9-18(10-6-16)20-13-21-19-11-7-17(8-12-19)15(3)4/h5-12,14-15H,13H2,1-4H3. The maximum absolute atomic E-state index is 5.60. The van der Waals surface area contributed by atoms with E-state index in [1.165, 1.54) is 11.1 Å². The first-order valence-electron chi connectivity index (χ1n) is 7.52. The van der Waals surface area contributed by atoms with Crippen molar-refractivity contribution in [2.75, 3.05) is 6.79 Å². The van der Waals surface area contributed by atoms with Gasteiger partial charge < -0.3 is 9.47 Å². The fourth-order valence-corrected chi connectivity index (χ4v) is 2.06. The van der Waals surface area contributed by atoms with Crippen molar-refractivity contribution in [1.29, 1.82) is 0 Å². The first kappa shape index (κ1) is 15.4. The number of rotatable bonds is 6. The fraction of sp³-hybridized carbons (Fsp3) is 0.368. The summed E-state index contributed by atoms with van der Waals surface area (Å²) in [6.45, 7) is 8.95. The molecular formula is C19H24O2. The first-order valence-corrected chi connectivity index (χ1v) is 7.52. The summed E-state index contributed by atoms with van der Waals surface area (Å²) < 4.78 is 11.2. The molecule has 0 aliphatic rings. The van der Waals surface area contributed by atoms with Crippen molar-refractivity contribution in [3.05, 3.63) is 59.7 Å². The summed E-state index contributed by atoms with van der Waals surface area (Å²) in [4.78, 5) is 0. The van der Waals surface area contributed by atoms with E-state index in [1.807, 2.05) is 24.3 Å². The van der Waals surface area contributed by atoms with Crippen LogP contribution in [-0.2, 0) is 0 Å². The average molecular weight is 284 g/mol. The molecule has 0 amide bonds. The summed E-state index contributed by atoms with van der Waals surface area (Å²) >= 11 is 0. The Labute approximate surface area is 127 Å². The van der Waals surface area contributed by atoms with Crippen LogP contribution in [0.3, 0.4) is 0 Å². The molecule has 0 bridgehead atoms. The molecule has 0 atom stereocenters. The average Bonchev–Trinajstić information content (AvgIpc) is 2.48. The fourth-order valence-electron chi connectivity index (χ4n) is 2.06. The Balaban J connectivity index is 1.83. The van der Waals surface area contributed by atoms with Gasteiger partial charge in [0.25, 0.3) is 0 Å². The Morgan fingerprint density at radius 2 is 0.952 bits per heavy atom. The quantitative estimate of drug-likeness (QED) is 0.666. The summed E-state index contributed by atoms with van der Waals surface area (Å²) in [6.07, 6.45) is 0. The third kappa shape index (κ3) is 4.52. The SMILES string of the molecule is CC(C)c1ccc(OCOc2ccc(C(C)C)cc2)cc1. The van der Waals surface area contributed by atoms with E-state index in [9.17, 15) is 0 Å². The lowest BCUT2D eigenvalue weighted by atomic mass is 10.0. The van der Waals surface area contributed by atoms with Crippen LogP contribution in [0, 0.1) is 0 Å². The van der Waals surface area contributed by atoms with Crippen molar-refractivity contribution in [2.45, 2.75) is 39.5 Å². The van der Waals surface area contributed by atoms with Gasteiger partial charge in [-0.05, 0) is 47.2 Å². The Bertz CT molecular complexity index is 487. The van der Waals surface area contributed by atoms with Crippen LogP contribution in [0.15, 0.2) is 48.5 Å². The molecular weight excluding hydrogens is 260 g/mol. The number of hydrogen-bond donors (Lipinski definition) is 0. The highest BCUT2D eigenvalue weighted by atomic mass is 16.7. The van der Waals surface area contributed by atoms with Gasteiger partial charge in [-0.25, -0.2) is 0 Å². The normalized spacial score (nSPS) is 11.0. The number of ether oxygens (including phenoxy) is 2. The van der Waals surface area contributed by atoms with Gasteiger partial charge in [-0.15, -0.1) is 0 Å². The summed E-state index contributed by atoms with van der Waals surface area (Å²) in [5.41, 5.74) is 2.63. The smallest absolute Gasteiger partial charge is 0.230 e. The lowest BCUT2D eigenvalue weighted by Gasteiger charge is -2.11. The van der Waals surface area contributed by atoms with E-state index in [4.69, 9.17) is 9.47 Å². The first-order chi connectivity index (χ1) is 10.1. The third-order valence-electron chi connectivity index (χ3n) is 3.54. The van der Waals surface area contributed by atoms with Crippen LogP contribution in [0.2, 0.25) is 0 Å². The van der Waals surface area contributed by atoms with Crippen molar-refractivity contribution >= 4 is 0 Å². The van der Waals surface area contributed by atoms with Crippen molar-refractivity contribution in [1.82, 2.24) is 0 Å². The Hall–Kier alpha value is -1.96. The predicted octanol–water partition coefficient (Wildman–Crippen LogP) is 5.35. The van der Waals surface area contributed by atoms with Crippen LogP contribution in [-0.4, -0.2) is 6.79 Å². The molecule has 0 spiro atoms. The van der Waals surface area contributed by atoms with Crippen LogP contribution in [0.1, 0.15) is 50.7 Å². The number of hydrogen-bond acceptors (Lipinski definition) is 2. The maximum Gasteiger partial charge on any atom is 0.230 e. The van der Waals surface area contributed by atoms with Crippen molar-refractivity contribution < 1.29 is 9.47 Å². The van der Waals surface area contributed by atoms with Crippen molar-refractivity contribution in [2.24, 2.45) is 0 Å². The summed E-state index contributed by atoms with van der Waals surface area (Å²) in [5, 5.41) is 0. The summed E-state index contributed by atoms with van der Waals surface area (Å²) in [5.74, 6) is 2.74. The van der Waals surface area contributed by atoms with E-state index in [0.717, 1.165) is 11.5 Å². The predicted molar refractivity (Wildman–Crippen MR) is 87.2 cm³/mol. The van der Waals surface area contributed by atoms with Gasteiger partial charge in [0.05, 0.1) is 0 Å². The number of benzene rings is 2. The van der Waals surface area contributed by atoms with Gasteiger partial charge in [-0.2, -0.15) is 0 Å². The zero-order valence-corrected chi connectivity index (χ0v) is 13.3. The van der Waals surface area contributed by atoms with Crippen molar-refractivity contribution in [3.8, 4) is 11.5 Å². The monoisotopic (exact) mass is 284 g/mol. The van der Waals surface area contributed by atoms with Crippen LogP contribution in [0.5, 0.6) is 11.5 Å². The molecule has 21 heavy (non-hydrogen) atoms. The molecule has 112 valence electrons. The molecule has 2 nitrogen and oxygen atoms in total. The zero-order valence-electron chi connectivity index (χ0n) is 13.3. The van der Waals surface area contributed by atoms with E-state index >= 15 is 0 Å². The Morgan fingerprint density at radius 3 is 1.24 bits per heavy atom. The largest absolute Gasteiger partial charge is 0.458 e. The highest BCUT2D eigenvalue weighted by Crippen LogP contribution is 2.20. The van der Waals surface area contributed by atoms with Crippen molar-refractivity contribution in [3.63, 3.8) is 0 Å². The van der Waals surface area contributed by atoms with Gasteiger partial charge in [0.2, 0.25) is 6.79 Å². The second-order valence-corrected chi connectivity index (χ2v) is 5.85. The van der Waals surface area contributed by atoms with Gasteiger partial charge in [-0.3, -0.25) is 0 Å². The summed E-state index contributed by atoms with van der Waals surface area (Å²) in [6, 6.07) is 16.3. The highest BCUT2D eigenvalue weighted by Gasteiger charge is 2.01. The van der Waals surface area contributed by atoms with E-state index in [0.29, 0.717) is 11.8 Å². The van der Waals surface area contributed by atoms with Crippen LogP contribution in [0.25, 0.3) is 0 Å². The van der Waals surface area contributed by atoms with Crippen LogP contribution >= 0.6 is 0 Å². The minimum atomic E-state index is 0.224. The Morgan fingerprint density at radius 1 is 0.619 bits per heavy atom. The molecule has 0 aromatic heterocycles. The molecule has 0 saturated carbocycles. The summed E-state index contributed by atoms with van der Waals surface area (Å²) in [7, 11) is 0. The molecule has 0 saturated heterocycles. The molecule has 2 aromatic carbocycles. The molecule has 0 aliphatic carbocycles. The van der Waals surface area contributed by atoms with Gasteiger partial charge in [0, 0.05) is 0 Å².